The molecule has 0 radical (unpaired) electrons. The van der Waals surface area contributed by atoms with Gasteiger partial charge in [0.05, 0.1) is 5.92 Å². The van der Waals surface area contributed by atoms with Crippen molar-refractivity contribution >= 4 is 11.7 Å². The van der Waals surface area contributed by atoms with Gasteiger partial charge < -0.3 is 10.2 Å². The topological polar surface area (TPSA) is 58.1 Å². The molecule has 5 nitrogen and oxygen atoms in total. The lowest BCUT2D eigenvalue weighted by Crippen LogP contribution is -2.45. The maximum absolute atomic E-state index is 13.2. The number of carbonyl (C=O) groups is 1. The summed E-state index contributed by atoms with van der Waals surface area (Å²) in [6.07, 6.45) is 5.40. The Morgan fingerprint density at radius 1 is 1.16 bits per heavy atom. The van der Waals surface area contributed by atoms with E-state index in [1.807, 2.05) is 24.3 Å². The molecule has 1 aromatic heterocycles. The summed E-state index contributed by atoms with van der Waals surface area (Å²) in [5.41, 5.74) is 2.06. The molecule has 2 heterocycles. The molecule has 0 aliphatic carbocycles. The van der Waals surface area contributed by atoms with Crippen molar-refractivity contribution in [3.05, 3.63) is 78.2 Å². The summed E-state index contributed by atoms with van der Waals surface area (Å²) in [4.78, 5) is 24.1. The van der Waals surface area contributed by atoms with Crippen molar-refractivity contribution in [2.24, 2.45) is 5.92 Å². The largest absolute Gasteiger partial charge is 0.356 e. The molecule has 2 unspecified atom stereocenters. The molecule has 1 aliphatic heterocycles. The van der Waals surface area contributed by atoms with E-state index < -0.39 is 0 Å². The second-order valence-electron chi connectivity index (χ2n) is 8.46. The number of nitrogens with zero attached hydrogens (tertiary/aromatic N) is 3. The van der Waals surface area contributed by atoms with E-state index in [4.69, 9.17) is 0 Å². The highest BCUT2D eigenvalue weighted by Gasteiger charge is 2.27. The molecule has 0 saturated carbocycles. The van der Waals surface area contributed by atoms with Crippen LogP contribution in [0.2, 0.25) is 0 Å². The van der Waals surface area contributed by atoms with Gasteiger partial charge in [-0.05, 0) is 68.5 Å². The van der Waals surface area contributed by atoms with Crippen LogP contribution in [0.25, 0.3) is 11.4 Å². The van der Waals surface area contributed by atoms with Gasteiger partial charge in [-0.25, -0.2) is 14.4 Å². The van der Waals surface area contributed by atoms with Gasteiger partial charge in [-0.2, -0.15) is 0 Å². The number of hydrogen-bond donors (Lipinski definition) is 1. The van der Waals surface area contributed by atoms with Crippen LogP contribution in [0, 0.1) is 11.7 Å². The molecule has 0 spiro atoms. The highest BCUT2D eigenvalue weighted by atomic mass is 19.1. The van der Waals surface area contributed by atoms with Crippen LogP contribution >= 0.6 is 0 Å². The molecule has 1 saturated heterocycles. The summed E-state index contributed by atoms with van der Waals surface area (Å²) in [5, 5.41) is 3.20. The Morgan fingerprint density at radius 2 is 1.94 bits per heavy atom. The quantitative estimate of drug-likeness (QED) is 0.591. The summed E-state index contributed by atoms with van der Waals surface area (Å²) in [6.45, 7) is 3.56. The van der Waals surface area contributed by atoms with Crippen molar-refractivity contribution in [3.63, 3.8) is 0 Å². The molecule has 1 N–H and O–H groups in total. The van der Waals surface area contributed by atoms with Crippen LogP contribution in [-0.2, 0) is 11.2 Å². The monoisotopic (exact) mass is 432 g/mol. The lowest BCUT2D eigenvalue weighted by molar-refractivity contribution is -0.125. The summed E-state index contributed by atoms with van der Waals surface area (Å²) < 4.78 is 13.2. The number of piperidine rings is 1. The third-order valence-corrected chi connectivity index (χ3v) is 5.96. The first-order valence-electron chi connectivity index (χ1n) is 11.3. The molecule has 166 valence electrons. The first-order chi connectivity index (χ1) is 15.6. The number of halogens is 1. The number of benzene rings is 2. The Bertz CT molecular complexity index is 1030. The summed E-state index contributed by atoms with van der Waals surface area (Å²) in [6, 6.07) is 18.5. The van der Waals surface area contributed by atoms with Gasteiger partial charge in [0, 0.05) is 30.9 Å². The van der Waals surface area contributed by atoms with E-state index in [-0.39, 0.29) is 23.7 Å². The number of nitrogens with one attached hydrogen (secondary N) is 1. The number of hydrogen-bond acceptors (Lipinski definition) is 4. The predicted octanol–water partition coefficient (Wildman–Crippen LogP) is 4.64. The molecule has 1 fully saturated rings. The number of aryl methyl sites for hydroxylation is 1. The van der Waals surface area contributed by atoms with E-state index in [2.05, 4.69) is 39.2 Å². The number of carbonyl (C=O) groups excluding carboxylic acids is 1. The number of rotatable bonds is 7. The second kappa shape index (κ2) is 10.4. The average molecular weight is 433 g/mol. The van der Waals surface area contributed by atoms with Crippen LogP contribution in [0.3, 0.4) is 0 Å². The zero-order valence-corrected chi connectivity index (χ0v) is 18.4. The zero-order chi connectivity index (χ0) is 22.3. The maximum atomic E-state index is 13.2. The molecule has 2 atom stereocenters. The highest BCUT2D eigenvalue weighted by molar-refractivity contribution is 5.79. The summed E-state index contributed by atoms with van der Waals surface area (Å²) in [5.74, 6) is 1.13. The molecule has 4 rings (SSSR count). The van der Waals surface area contributed by atoms with Crippen molar-refractivity contribution in [1.82, 2.24) is 15.3 Å². The van der Waals surface area contributed by atoms with Crippen LogP contribution < -0.4 is 10.2 Å². The van der Waals surface area contributed by atoms with E-state index in [9.17, 15) is 9.18 Å². The Hall–Kier alpha value is -3.28. The van der Waals surface area contributed by atoms with Crippen LogP contribution in [-0.4, -0.2) is 35.0 Å². The lowest BCUT2D eigenvalue weighted by atomic mass is 9.96. The predicted molar refractivity (Wildman–Crippen MR) is 125 cm³/mol. The smallest absolute Gasteiger partial charge is 0.225 e. The van der Waals surface area contributed by atoms with Gasteiger partial charge in [0.2, 0.25) is 5.91 Å². The van der Waals surface area contributed by atoms with Crippen LogP contribution in [0.4, 0.5) is 10.2 Å². The molecule has 1 amide bonds. The number of aromatic nitrogens is 2. The standard InChI is InChI=1S/C26H29FN4O/c1-19(9-10-20-6-3-2-4-7-20)29-26(32)22-8-5-17-31(18-22)24-15-16-28-25(30-24)21-11-13-23(27)14-12-21/h2-4,6-7,11-16,19,22H,5,8-10,17-18H2,1H3,(H,29,32). The van der Waals surface area contributed by atoms with Gasteiger partial charge in [-0.1, -0.05) is 30.3 Å². The van der Waals surface area contributed by atoms with Crippen molar-refractivity contribution in [2.45, 2.75) is 38.6 Å². The fourth-order valence-electron chi connectivity index (χ4n) is 4.12. The number of amides is 1. The minimum Gasteiger partial charge on any atom is -0.356 e. The molecular formula is C26H29FN4O. The SMILES string of the molecule is CC(CCc1ccccc1)NC(=O)C1CCCN(c2ccnc(-c3ccc(F)cc3)n2)C1. The highest BCUT2D eigenvalue weighted by Crippen LogP contribution is 2.24. The summed E-state index contributed by atoms with van der Waals surface area (Å²) >= 11 is 0. The third-order valence-electron chi connectivity index (χ3n) is 5.96. The minimum atomic E-state index is -0.284. The van der Waals surface area contributed by atoms with Gasteiger partial charge in [0.1, 0.15) is 11.6 Å². The van der Waals surface area contributed by atoms with Crippen molar-refractivity contribution in [3.8, 4) is 11.4 Å². The van der Waals surface area contributed by atoms with Gasteiger partial charge in [-0.3, -0.25) is 4.79 Å². The Labute approximate surface area is 188 Å². The fourth-order valence-corrected chi connectivity index (χ4v) is 4.12. The molecule has 6 heteroatoms. The van der Waals surface area contributed by atoms with E-state index in [0.717, 1.165) is 43.6 Å². The van der Waals surface area contributed by atoms with Crippen molar-refractivity contribution < 1.29 is 9.18 Å². The maximum Gasteiger partial charge on any atom is 0.225 e. The Balaban J connectivity index is 1.35. The van der Waals surface area contributed by atoms with E-state index >= 15 is 0 Å². The van der Waals surface area contributed by atoms with Gasteiger partial charge in [0.25, 0.3) is 0 Å². The molecular weight excluding hydrogens is 403 g/mol. The molecule has 2 aromatic carbocycles. The van der Waals surface area contributed by atoms with Crippen molar-refractivity contribution in [1.29, 1.82) is 0 Å². The van der Waals surface area contributed by atoms with Gasteiger partial charge >= 0.3 is 0 Å². The summed E-state index contributed by atoms with van der Waals surface area (Å²) in [7, 11) is 0. The zero-order valence-electron chi connectivity index (χ0n) is 18.4. The third kappa shape index (κ3) is 5.69. The Morgan fingerprint density at radius 3 is 2.72 bits per heavy atom. The molecule has 0 bridgehead atoms. The van der Waals surface area contributed by atoms with Gasteiger partial charge in [0.15, 0.2) is 5.82 Å². The van der Waals surface area contributed by atoms with E-state index in [1.54, 1.807) is 18.3 Å². The fraction of sp³-hybridized carbons (Fsp3) is 0.346. The first-order valence-corrected chi connectivity index (χ1v) is 11.3. The second-order valence-corrected chi connectivity index (χ2v) is 8.46. The molecule has 1 aliphatic rings. The molecule has 32 heavy (non-hydrogen) atoms. The van der Waals surface area contributed by atoms with Crippen LogP contribution in [0.15, 0.2) is 66.9 Å². The van der Waals surface area contributed by atoms with Gasteiger partial charge in [-0.15, -0.1) is 0 Å². The van der Waals surface area contributed by atoms with Crippen LogP contribution in [0.5, 0.6) is 0 Å². The lowest BCUT2D eigenvalue weighted by Gasteiger charge is -2.33. The molecule has 3 aromatic rings. The normalized spacial score (nSPS) is 17.1. The minimum absolute atomic E-state index is 0.0628. The van der Waals surface area contributed by atoms with Crippen molar-refractivity contribution in [2.75, 3.05) is 18.0 Å². The Kier molecular flexibility index (Phi) is 7.10. The first kappa shape index (κ1) is 21.9. The van der Waals surface area contributed by atoms with E-state index in [0.29, 0.717) is 12.4 Å². The van der Waals surface area contributed by atoms with E-state index in [1.165, 1.54) is 17.7 Å². The average Bonchev–Trinajstić information content (AvgIpc) is 2.84. The number of anilines is 1. The van der Waals surface area contributed by atoms with Crippen LogP contribution in [0.1, 0.15) is 31.7 Å².